The van der Waals surface area contributed by atoms with Gasteiger partial charge < -0.3 is 10.1 Å². The van der Waals surface area contributed by atoms with Gasteiger partial charge in [-0.25, -0.2) is 0 Å². The van der Waals surface area contributed by atoms with Crippen LogP contribution in [0.25, 0.3) is 0 Å². The highest BCUT2D eigenvalue weighted by Crippen LogP contribution is 2.26. The van der Waals surface area contributed by atoms with Gasteiger partial charge in [0.2, 0.25) is 0 Å². The van der Waals surface area contributed by atoms with Crippen molar-refractivity contribution in [3.63, 3.8) is 0 Å². The van der Waals surface area contributed by atoms with Crippen molar-refractivity contribution < 1.29 is 13.5 Å². The summed E-state index contributed by atoms with van der Waals surface area (Å²) in [4.78, 5) is 4.09. The summed E-state index contributed by atoms with van der Waals surface area (Å²) >= 11 is 0. The van der Waals surface area contributed by atoms with Gasteiger partial charge in [0.1, 0.15) is 5.75 Å². The van der Waals surface area contributed by atoms with Crippen molar-refractivity contribution in [2.75, 3.05) is 0 Å². The number of halogens is 2. The second-order valence-corrected chi connectivity index (χ2v) is 4.82. The Morgan fingerprint density at radius 1 is 1.24 bits per heavy atom. The summed E-state index contributed by atoms with van der Waals surface area (Å²) in [6.45, 7) is 1.72. The van der Waals surface area contributed by atoms with E-state index in [0.29, 0.717) is 12.1 Å². The second kappa shape index (κ2) is 7.13. The molecule has 0 bridgehead atoms. The van der Waals surface area contributed by atoms with Gasteiger partial charge in [0, 0.05) is 30.5 Å². The van der Waals surface area contributed by atoms with Crippen molar-refractivity contribution in [3.05, 3.63) is 59.4 Å². The standard InChI is InChI=1S/C16H18F2N2O/c1-11-7-8-19-9-13(11)10-20-12(2)14-5-3-4-6-15(14)21-16(17)18/h3-9,12,16,20H,10H2,1-2H3. The lowest BCUT2D eigenvalue weighted by molar-refractivity contribution is -0.0506. The number of aryl methyl sites for hydroxylation is 1. The summed E-state index contributed by atoms with van der Waals surface area (Å²) in [6, 6.07) is 8.65. The molecule has 1 heterocycles. The average molecular weight is 292 g/mol. The molecule has 0 spiro atoms. The molecule has 1 aromatic heterocycles. The van der Waals surface area contributed by atoms with Crippen molar-refractivity contribution >= 4 is 0 Å². The molecular formula is C16H18F2N2O. The van der Waals surface area contributed by atoms with E-state index in [2.05, 4.69) is 15.0 Å². The number of nitrogens with zero attached hydrogens (tertiary/aromatic N) is 1. The highest BCUT2D eigenvalue weighted by molar-refractivity contribution is 5.35. The second-order valence-electron chi connectivity index (χ2n) is 4.82. The minimum absolute atomic E-state index is 0.112. The lowest BCUT2D eigenvalue weighted by atomic mass is 10.1. The molecule has 2 aromatic rings. The molecule has 1 aromatic carbocycles. The smallest absolute Gasteiger partial charge is 0.387 e. The first-order valence-electron chi connectivity index (χ1n) is 6.74. The van der Waals surface area contributed by atoms with E-state index in [1.54, 1.807) is 36.7 Å². The molecule has 3 nitrogen and oxygen atoms in total. The fourth-order valence-electron chi connectivity index (χ4n) is 2.10. The summed E-state index contributed by atoms with van der Waals surface area (Å²) in [6.07, 6.45) is 3.55. The number of aromatic nitrogens is 1. The third kappa shape index (κ3) is 4.23. The summed E-state index contributed by atoms with van der Waals surface area (Å²) in [5.41, 5.74) is 2.93. The first kappa shape index (κ1) is 15.4. The van der Waals surface area contributed by atoms with Crippen LogP contribution >= 0.6 is 0 Å². The third-order valence-corrected chi connectivity index (χ3v) is 3.35. The van der Waals surface area contributed by atoms with Crippen LogP contribution in [0.5, 0.6) is 5.75 Å². The van der Waals surface area contributed by atoms with Crippen LogP contribution in [0.1, 0.15) is 29.7 Å². The van der Waals surface area contributed by atoms with Gasteiger partial charge in [-0.05, 0) is 37.1 Å². The molecule has 112 valence electrons. The van der Waals surface area contributed by atoms with Crippen LogP contribution in [-0.2, 0) is 6.54 Å². The van der Waals surface area contributed by atoms with Crippen LogP contribution in [0.2, 0.25) is 0 Å². The van der Waals surface area contributed by atoms with Gasteiger partial charge in [-0.3, -0.25) is 4.98 Å². The molecule has 1 unspecified atom stereocenters. The molecule has 2 rings (SSSR count). The Kier molecular flexibility index (Phi) is 5.22. The van der Waals surface area contributed by atoms with Gasteiger partial charge in [0.05, 0.1) is 0 Å². The number of para-hydroxylation sites is 1. The summed E-state index contributed by atoms with van der Waals surface area (Å²) in [5.74, 6) is 0.204. The fourth-order valence-corrected chi connectivity index (χ4v) is 2.10. The van der Waals surface area contributed by atoms with Crippen molar-refractivity contribution in [1.82, 2.24) is 10.3 Å². The monoisotopic (exact) mass is 292 g/mol. The van der Waals surface area contributed by atoms with Crippen LogP contribution in [0.15, 0.2) is 42.7 Å². The molecular weight excluding hydrogens is 274 g/mol. The van der Waals surface area contributed by atoms with Gasteiger partial charge in [0.15, 0.2) is 0 Å². The van der Waals surface area contributed by atoms with Crippen molar-refractivity contribution in [2.24, 2.45) is 0 Å². The van der Waals surface area contributed by atoms with Crippen molar-refractivity contribution in [2.45, 2.75) is 33.0 Å². The van der Waals surface area contributed by atoms with Crippen LogP contribution in [-0.4, -0.2) is 11.6 Å². The topological polar surface area (TPSA) is 34.2 Å². The van der Waals surface area contributed by atoms with Crippen LogP contribution in [0.3, 0.4) is 0 Å². The Hall–Kier alpha value is -2.01. The first-order chi connectivity index (χ1) is 10.1. The average Bonchev–Trinajstić information content (AvgIpc) is 2.46. The van der Waals surface area contributed by atoms with E-state index in [0.717, 1.165) is 11.1 Å². The van der Waals surface area contributed by atoms with E-state index in [1.807, 2.05) is 19.9 Å². The molecule has 0 fully saturated rings. The van der Waals surface area contributed by atoms with Crippen molar-refractivity contribution in [1.29, 1.82) is 0 Å². The number of alkyl halides is 2. The Morgan fingerprint density at radius 3 is 2.71 bits per heavy atom. The Balaban J connectivity index is 2.07. The zero-order chi connectivity index (χ0) is 15.2. The zero-order valence-electron chi connectivity index (χ0n) is 12.0. The number of ether oxygens (including phenoxy) is 1. The fraction of sp³-hybridized carbons (Fsp3) is 0.312. The van der Waals surface area contributed by atoms with Crippen LogP contribution in [0, 0.1) is 6.92 Å². The number of nitrogens with one attached hydrogen (secondary N) is 1. The largest absolute Gasteiger partial charge is 0.434 e. The van der Waals surface area contributed by atoms with Crippen LogP contribution in [0.4, 0.5) is 8.78 Å². The van der Waals surface area contributed by atoms with E-state index in [4.69, 9.17) is 0 Å². The maximum atomic E-state index is 12.4. The predicted molar refractivity (Wildman–Crippen MR) is 77.3 cm³/mol. The molecule has 0 aliphatic carbocycles. The van der Waals surface area contributed by atoms with Gasteiger partial charge in [0.25, 0.3) is 0 Å². The van der Waals surface area contributed by atoms with Gasteiger partial charge >= 0.3 is 6.61 Å². The maximum Gasteiger partial charge on any atom is 0.387 e. The Morgan fingerprint density at radius 2 is 2.00 bits per heavy atom. The molecule has 0 aliphatic rings. The summed E-state index contributed by atoms with van der Waals surface area (Å²) in [7, 11) is 0. The minimum atomic E-state index is -2.82. The molecule has 5 heteroatoms. The molecule has 0 amide bonds. The van der Waals surface area contributed by atoms with E-state index in [-0.39, 0.29) is 11.8 Å². The molecule has 0 saturated carbocycles. The first-order valence-corrected chi connectivity index (χ1v) is 6.74. The predicted octanol–water partition coefficient (Wildman–Crippen LogP) is 3.84. The molecule has 1 atom stereocenters. The molecule has 21 heavy (non-hydrogen) atoms. The molecule has 0 radical (unpaired) electrons. The number of pyridine rings is 1. The van der Waals surface area contributed by atoms with Gasteiger partial charge in [-0.15, -0.1) is 0 Å². The summed E-state index contributed by atoms with van der Waals surface area (Å²) in [5, 5.41) is 3.30. The van der Waals surface area contributed by atoms with E-state index in [9.17, 15) is 8.78 Å². The number of benzene rings is 1. The number of hydrogen-bond donors (Lipinski definition) is 1. The van der Waals surface area contributed by atoms with Gasteiger partial charge in [-0.1, -0.05) is 18.2 Å². The van der Waals surface area contributed by atoms with E-state index >= 15 is 0 Å². The highest BCUT2D eigenvalue weighted by atomic mass is 19.3. The molecule has 0 saturated heterocycles. The molecule has 0 aliphatic heterocycles. The number of hydrogen-bond acceptors (Lipinski definition) is 3. The third-order valence-electron chi connectivity index (χ3n) is 3.35. The normalized spacial score (nSPS) is 12.4. The summed E-state index contributed by atoms with van der Waals surface area (Å²) < 4.78 is 29.4. The van der Waals surface area contributed by atoms with E-state index < -0.39 is 6.61 Å². The highest BCUT2D eigenvalue weighted by Gasteiger charge is 2.14. The lowest BCUT2D eigenvalue weighted by Crippen LogP contribution is -2.20. The molecule has 1 N–H and O–H groups in total. The van der Waals surface area contributed by atoms with Crippen molar-refractivity contribution in [3.8, 4) is 5.75 Å². The van der Waals surface area contributed by atoms with Crippen LogP contribution < -0.4 is 10.1 Å². The maximum absolute atomic E-state index is 12.4. The lowest BCUT2D eigenvalue weighted by Gasteiger charge is -2.18. The number of rotatable bonds is 6. The zero-order valence-corrected chi connectivity index (χ0v) is 12.0. The van der Waals surface area contributed by atoms with Gasteiger partial charge in [-0.2, -0.15) is 8.78 Å². The Labute approximate surface area is 123 Å². The van der Waals surface area contributed by atoms with E-state index in [1.165, 1.54) is 0 Å². The quantitative estimate of drug-likeness (QED) is 0.878. The Bertz CT molecular complexity index is 590. The minimum Gasteiger partial charge on any atom is -0.434 e. The SMILES string of the molecule is Cc1ccncc1CNC(C)c1ccccc1OC(F)F.